The Labute approximate surface area is 181 Å². The van der Waals surface area contributed by atoms with E-state index in [0.29, 0.717) is 23.2 Å². The van der Waals surface area contributed by atoms with E-state index in [4.69, 9.17) is 16.2 Å². The topological polar surface area (TPSA) is 114 Å². The van der Waals surface area contributed by atoms with Gasteiger partial charge in [0.15, 0.2) is 0 Å². The van der Waals surface area contributed by atoms with Gasteiger partial charge >= 0.3 is 0 Å². The number of nitrogens with two attached hydrogens (primary N) is 2. The normalized spacial score (nSPS) is 14.4. The van der Waals surface area contributed by atoms with Crippen molar-refractivity contribution in [3.8, 4) is 0 Å². The molecule has 0 unspecified atom stereocenters. The summed E-state index contributed by atoms with van der Waals surface area (Å²) in [6.07, 6.45) is 3.18. The first-order valence-electron chi connectivity index (χ1n) is 10.2. The summed E-state index contributed by atoms with van der Waals surface area (Å²) in [5, 5.41) is 6.48. The van der Waals surface area contributed by atoms with Crippen LogP contribution in [0.3, 0.4) is 0 Å². The summed E-state index contributed by atoms with van der Waals surface area (Å²) in [4.78, 5) is 11.2. The van der Waals surface area contributed by atoms with Crippen LogP contribution in [0.1, 0.15) is 11.1 Å². The van der Waals surface area contributed by atoms with E-state index in [0.717, 1.165) is 43.1 Å². The summed E-state index contributed by atoms with van der Waals surface area (Å²) in [5.41, 5.74) is 17.3. The zero-order valence-corrected chi connectivity index (χ0v) is 17.5. The average molecular weight is 418 g/mol. The van der Waals surface area contributed by atoms with Crippen molar-refractivity contribution in [1.82, 2.24) is 9.97 Å². The summed E-state index contributed by atoms with van der Waals surface area (Å²) in [6, 6.07) is 15.8. The molecule has 0 amide bonds. The van der Waals surface area contributed by atoms with Gasteiger partial charge in [0.05, 0.1) is 18.9 Å². The van der Waals surface area contributed by atoms with Gasteiger partial charge in [-0.2, -0.15) is 4.98 Å². The third-order valence-corrected chi connectivity index (χ3v) is 5.20. The standard InChI is InChI=1S/C23H27N7O/c1-16-3-2-4-19(22(16)25)20(15-24)28-21-9-10-26-23(29-21)27-17-5-7-18(8-6-17)30-11-13-31-14-12-30/h2-10,15H,11-14,24-25H2,1H3,(H2,26,27,28,29)/b20-15+. The van der Waals surface area contributed by atoms with Gasteiger partial charge < -0.3 is 31.7 Å². The van der Waals surface area contributed by atoms with E-state index < -0.39 is 0 Å². The maximum absolute atomic E-state index is 6.22. The van der Waals surface area contributed by atoms with Crippen LogP contribution in [0, 0.1) is 6.92 Å². The second-order valence-corrected chi connectivity index (χ2v) is 7.28. The van der Waals surface area contributed by atoms with Gasteiger partial charge in [-0.25, -0.2) is 4.98 Å². The molecule has 1 aromatic heterocycles. The highest BCUT2D eigenvalue weighted by Gasteiger charge is 2.12. The van der Waals surface area contributed by atoms with Crippen LogP contribution in [0.15, 0.2) is 60.9 Å². The van der Waals surface area contributed by atoms with Crippen molar-refractivity contribution in [3.63, 3.8) is 0 Å². The minimum atomic E-state index is 0.484. The van der Waals surface area contributed by atoms with E-state index >= 15 is 0 Å². The number of para-hydroxylation sites is 1. The minimum absolute atomic E-state index is 0.484. The first-order chi connectivity index (χ1) is 15.1. The van der Waals surface area contributed by atoms with Crippen LogP contribution in [0.4, 0.5) is 28.8 Å². The van der Waals surface area contributed by atoms with E-state index in [1.54, 1.807) is 12.3 Å². The minimum Gasteiger partial charge on any atom is -0.403 e. The third-order valence-electron chi connectivity index (χ3n) is 5.20. The van der Waals surface area contributed by atoms with Crippen LogP contribution >= 0.6 is 0 Å². The van der Waals surface area contributed by atoms with Crippen LogP contribution < -0.4 is 27.0 Å². The van der Waals surface area contributed by atoms with Crippen LogP contribution in [0.25, 0.3) is 5.70 Å². The number of morpholine rings is 1. The molecule has 2 aromatic carbocycles. The fourth-order valence-electron chi connectivity index (χ4n) is 3.45. The molecule has 0 atom stereocenters. The molecule has 1 aliphatic rings. The van der Waals surface area contributed by atoms with Crippen LogP contribution in [0.2, 0.25) is 0 Å². The van der Waals surface area contributed by atoms with E-state index in [1.165, 1.54) is 11.9 Å². The molecule has 0 bridgehead atoms. The van der Waals surface area contributed by atoms with Crippen molar-refractivity contribution in [2.24, 2.45) is 5.73 Å². The Balaban J connectivity index is 1.46. The number of anilines is 5. The average Bonchev–Trinajstić information content (AvgIpc) is 2.81. The molecule has 0 saturated carbocycles. The van der Waals surface area contributed by atoms with Gasteiger partial charge in [-0.1, -0.05) is 18.2 Å². The highest BCUT2D eigenvalue weighted by atomic mass is 16.5. The molecular formula is C23H27N7O. The lowest BCUT2D eigenvalue weighted by atomic mass is 10.1. The smallest absolute Gasteiger partial charge is 0.229 e. The van der Waals surface area contributed by atoms with Gasteiger partial charge in [-0.3, -0.25) is 0 Å². The number of aromatic nitrogens is 2. The molecule has 0 spiro atoms. The van der Waals surface area contributed by atoms with Crippen molar-refractivity contribution in [2.45, 2.75) is 6.92 Å². The van der Waals surface area contributed by atoms with Crippen molar-refractivity contribution >= 4 is 34.5 Å². The molecular weight excluding hydrogens is 390 g/mol. The van der Waals surface area contributed by atoms with Crippen LogP contribution in [-0.4, -0.2) is 36.3 Å². The molecule has 8 nitrogen and oxygen atoms in total. The zero-order valence-electron chi connectivity index (χ0n) is 17.5. The molecule has 0 aliphatic carbocycles. The largest absolute Gasteiger partial charge is 0.403 e. The van der Waals surface area contributed by atoms with Crippen molar-refractivity contribution in [1.29, 1.82) is 0 Å². The Morgan fingerprint density at radius 2 is 1.87 bits per heavy atom. The number of aryl methyl sites for hydroxylation is 1. The molecule has 3 aromatic rings. The Bertz CT molecular complexity index is 1060. The summed E-state index contributed by atoms with van der Waals surface area (Å²) in [6.45, 7) is 5.31. The Kier molecular flexibility index (Phi) is 6.18. The maximum atomic E-state index is 6.22. The predicted molar refractivity (Wildman–Crippen MR) is 126 cm³/mol. The van der Waals surface area contributed by atoms with Gasteiger partial charge in [0.2, 0.25) is 5.95 Å². The van der Waals surface area contributed by atoms with E-state index in [2.05, 4.69) is 37.6 Å². The van der Waals surface area contributed by atoms with Crippen LogP contribution in [-0.2, 0) is 4.74 Å². The molecule has 160 valence electrons. The second-order valence-electron chi connectivity index (χ2n) is 7.28. The number of benzene rings is 2. The molecule has 1 aliphatic heterocycles. The highest BCUT2D eigenvalue weighted by Crippen LogP contribution is 2.26. The number of nitrogen functional groups attached to an aromatic ring is 1. The van der Waals surface area contributed by atoms with E-state index in [9.17, 15) is 0 Å². The molecule has 0 radical (unpaired) electrons. The summed E-state index contributed by atoms with van der Waals surface area (Å²) in [7, 11) is 0. The predicted octanol–water partition coefficient (Wildman–Crippen LogP) is 3.32. The third kappa shape index (κ3) is 4.87. The molecule has 8 heteroatoms. The summed E-state index contributed by atoms with van der Waals surface area (Å²) >= 11 is 0. The number of ether oxygens (including phenoxy) is 1. The monoisotopic (exact) mass is 417 g/mol. The van der Waals surface area contributed by atoms with Gasteiger partial charge in [-0.15, -0.1) is 0 Å². The maximum Gasteiger partial charge on any atom is 0.229 e. The second kappa shape index (κ2) is 9.36. The molecule has 1 fully saturated rings. The summed E-state index contributed by atoms with van der Waals surface area (Å²) < 4.78 is 5.42. The first-order valence-corrected chi connectivity index (χ1v) is 10.2. The van der Waals surface area contributed by atoms with Crippen molar-refractivity contribution < 1.29 is 4.74 Å². The van der Waals surface area contributed by atoms with E-state index in [-0.39, 0.29) is 0 Å². The molecule has 31 heavy (non-hydrogen) atoms. The van der Waals surface area contributed by atoms with Gasteiger partial charge in [0.25, 0.3) is 0 Å². The number of hydrogen-bond acceptors (Lipinski definition) is 8. The van der Waals surface area contributed by atoms with Gasteiger partial charge in [0, 0.05) is 48.1 Å². The fraction of sp³-hybridized carbons (Fsp3) is 0.217. The quantitative estimate of drug-likeness (QED) is 0.452. The highest BCUT2D eigenvalue weighted by molar-refractivity contribution is 5.82. The molecule has 6 N–H and O–H groups in total. The fourth-order valence-corrected chi connectivity index (χ4v) is 3.45. The zero-order chi connectivity index (χ0) is 21.6. The summed E-state index contributed by atoms with van der Waals surface area (Å²) in [5.74, 6) is 1.10. The van der Waals surface area contributed by atoms with Gasteiger partial charge in [0.1, 0.15) is 5.82 Å². The molecule has 4 rings (SSSR count). The van der Waals surface area contributed by atoms with Crippen molar-refractivity contribution in [3.05, 3.63) is 72.1 Å². The number of nitrogens with one attached hydrogen (secondary N) is 2. The lowest BCUT2D eigenvalue weighted by molar-refractivity contribution is 0.122. The van der Waals surface area contributed by atoms with Crippen molar-refractivity contribution in [2.75, 3.05) is 47.6 Å². The number of hydrogen-bond donors (Lipinski definition) is 4. The Hall–Kier alpha value is -3.78. The molecule has 1 saturated heterocycles. The van der Waals surface area contributed by atoms with Gasteiger partial charge in [-0.05, 0) is 42.8 Å². The number of nitrogens with zero attached hydrogens (tertiary/aromatic N) is 3. The van der Waals surface area contributed by atoms with Crippen LogP contribution in [0.5, 0.6) is 0 Å². The Morgan fingerprint density at radius 3 is 2.61 bits per heavy atom. The number of rotatable bonds is 6. The lowest BCUT2D eigenvalue weighted by Gasteiger charge is -2.28. The Morgan fingerprint density at radius 1 is 1.10 bits per heavy atom. The first kappa shape index (κ1) is 20.5. The SMILES string of the molecule is Cc1cccc(/C(=C\N)Nc2ccnc(Nc3ccc(N4CCOCC4)cc3)n2)c1N. The lowest BCUT2D eigenvalue weighted by Crippen LogP contribution is -2.36. The van der Waals surface area contributed by atoms with E-state index in [1.807, 2.05) is 37.3 Å². The molecule has 2 heterocycles.